The van der Waals surface area contributed by atoms with Crippen LogP contribution in [0.2, 0.25) is 0 Å². The molecule has 0 aliphatic heterocycles. The zero-order chi connectivity index (χ0) is 17.7. The van der Waals surface area contributed by atoms with Gasteiger partial charge in [0.2, 0.25) is 0 Å². The number of rotatable bonds is 7. The van der Waals surface area contributed by atoms with Crippen LogP contribution in [0.4, 0.5) is 5.69 Å². The van der Waals surface area contributed by atoms with Gasteiger partial charge in [-0.25, -0.2) is 8.42 Å². The molecule has 6 heteroatoms. The van der Waals surface area contributed by atoms with E-state index in [1.807, 2.05) is 26.8 Å². The maximum absolute atomic E-state index is 12.8. The molecule has 130 valence electrons. The molecule has 1 N–H and O–H groups in total. The van der Waals surface area contributed by atoms with E-state index < -0.39 is 10.0 Å². The van der Waals surface area contributed by atoms with Crippen molar-refractivity contribution in [1.82, 2.24) is 0 Å². The first-order valence-corrected chi connectivity index (χ1v) is 9.35. The first kappa shape index (κ1) is 18.1. The maximum atomic E-state index is 12.8. The molecule has 0 atom stereocenters. The summed E-state index contributed by atoms with van der Waals surface area (Å²) in [5.41, 5.74) is 2.07. The Morgan fingerprint density at radius 2 is 1.67 bits per heavy atom. The van der Waals surface area contributed by atoms with E-state index in [0.29, 0.717) is 36.0 Å². The molecule has 0 aromatic heterocycles. The summed E-state index contributed by atoms with van der Waals surface area (Å²) in [5, 5.41) is 0. The summed E-state index contributed by atoms with van der Waals surface area (Å²) in [5.74, 6) is 1.05. The lowest BCUT2D eigenvalue weighted by Gasteiger charge is -2.15. The standard InChI is InChI=1S/C18H23NO4S/c1-5-22-15-8-9-17(23-6-2)16(12-15)19-24(20,21)18-10-7-13(3)11-14(18)4/h7-12,19H,5-6H2,1-4H3. The van der Waals surface area contributed by atoms with Gasteiger partial charge in [0, 0.05) is 6.07 Å². The quantitative estimate of drug-likeness (QED) is 0.823. The highest BCUT2D eigenvalue weighted by atomic mass is 32.2. The summed E-state index contributed by atoms with van der Waals surface area (Å²) in [4.78, 5) is 0.248. The molecule has 2 aromatic rings. The van der Waals surface area contributed by atoms with E-state index in [1.165, 1.54) is 0 Å². The largest absolute Gasteiger partial charge is 0.494 e. The number of sulfonamides is 1. The minimum absolute atomic E-state index is 0.248. The summed E-state index contributed by atoms with van der Waals surface area (Å²) in [6, 6.07) is 10.3. The lowest BCUT2D eigenvalue weighted by atomic mass is 10.2. The number of nitrogens with one attached hydrogen (secondary N) is 1. The van der Waals surface area contributed by atoms with Crippen LogP contribution in [0, 0.1) is 13.8 Å². The molecule has 5 nitrogen and oxygen atoms in total. The predicted molar refractivity (Wildman–Crippen MR) is 95.5 cm³/mol. The summed E-state index contributed by atoms with van der Waals surface area (Å²) < 4.78 is 39.1. The average Bonchev–Trinajstić information content (AvgIpc) is 2.49. The lowest BCUT2D eigenvalue weighted by molar-refractivity contribution is 0.332. The van der Waals surface area contributed by atoms with Crippen molar-refractivity contribution in [2.24, 2.45) is 0 Å². The van der Waals surface area contributed by atoms with Crippen molar-refractivity contribution in [3.05, 3.63) is 47.5 Å². The molecule has 0 spiro atoms. The van der Waals surface area contributed by atoms with Crippen LogP contribution in [0.15, 0.2) is 41.3 Å². The van der Waals surface area contributed by atoms with Gasteiger partial charge in [-0.15, -0.1) is 0 Å². The highest BCUT2D eigenvalue weighted by molar-refractivity contribution is 7.92. The van der Waals surface area contributed by atoms with Crippen molar-refractivity contribution >= 4 is 15.7 Å². The zero-order valence-corrected chi connectivity index (χ0v) is 15.2. The van der Waals surface area contributed by atoms with Gasteiger partial charge >= 0.3 is 0 Å². The Labute approximate surface area is 143 Å². The SMILES string of the molecule is CCOc1ccc(OCC)c(NS(=O)(=O)c2ccc(C)cc2C)c1. The van der Waals surface area contributed by atoms with Crippen LogP contribution in [-0.4, -0.2) is 21.6 Å². The fraction of sp³-hybridized carbons (Fsp3) is 0.333. The van der Waals surface area contributed by atoms with E-state index >= 15 is 0 Å². The van der Waals surface area contributed by atoms with Crippen LogP contribution in [-0.2, 0) is 10.0 Å². The van der Waals surface area contributed by atoms with Crippen LogP contribution >= 0.6 is 0 Å². The second-order valence-corrected chi connectivity index (χ2v) is 7.05. The predicted octanol–water partition coefficient (Wildman–Crippen LogP) is 3.90. The van der Waals surface area contributed by atoms with Gasteiger partial charge in [0.25, 0.3) is 10.0 Å². The Bertz CT molecular complexity index is 816. The van der Waals surface area contributed by atoms with E-state index in [2.05, 4.69) is 4.72 Å². The van der Waals surface area contributed by atoms with Gasteiger partial charge in [0.15, 0.2) is 0 Å². The molecule has 0 aliphatic carbocycles. The van der Waals surface area contributed by atoms with Crippen LogP contribution in [0.5, 0.6) is 11.5 Å². The summed E-state index contributed by atoms with van der Waals surface area (Å²) in [7, 11) is -3.72. The molecule has 0 heterocycles. The molecule has 24 heavy (non-hydrogen) atoms. The van der Waals surface area contributed by atoms with Gasteiger partial charge in [0.05, 0.1) is 23.8 Å². The van der Waals surface area contributed by atoms with Gasteiger partial charge in [-0.1, -0.05) is 17.7 Å². The molecular weight excluding hydrogens is 326 g/mol. The molecule has 0 radical (unpaired) electrons. The van der Waals surface area contributed by atoms with Gasteiger partial charge in [-0.3, -0.25) is 4.72 Å². The minimum atomic E-state index is -3.72. The number of ether oxygens (including phenoxy) is 2. The Hall–Kier alpha value is -2.21. The highest BCUT2D eigenvalue weighted by Gasteiger charge is 2.19. The van der Waals surface area contributed by atoms with Crippen molar-refractivity contribution in [2.75, 3.05) is 17.9 Å². The van der Waals surface area contributed by atoms with Gasteiger partial charge < -0.3 is 9.47 Å². The van der Waals surface area contributed by atoms with E-state index in [4.69, 9.17) is 9.47 Å². The van der Waals surface area contributed by atoms with Gasteiger partial charge in [-0.05, 0) is 51.5 Å². The second kappa shape index (κ2) is 7.57. The molecule has 0 saturated heterocycles. The molecular formula is C18H23NO4S. The van der Waals surface area contributed by atoms with Crippen LogP contribution in [0.3, 0.4) is 0 Å². The minimum Gasteiger partial charge on any atom is -0.494 e. The third kappa shape index (κ3) is 4.20. The van der Waals surface area contributed by atoms with Crippen LogP contribution in [0.25, 0.3) is 0 Å². The Morgan fingerprint density at radius 3 is 2.29 bits per heavy atom. The first-order chi connectivity index (χ1) is 11.4. The highest BCUT2D eigenvalue weighted by Crippen LogP contribution is 2.32. The fourth-order valence-corrected chi connectivity index (χ4v) is 3.72. The zero-order valence-electron chi connectivity index (χ0n) is 14.4. The summed E-state index contributed by atoms with van der Waals surface area (Å²) in [6.07, 6.45) is 0. The lowest BCUT2D eigenvalue weighted by Crippen LogP contribution is -2.15. The number of aryl methyl sites for hydroxylation is 2. The second-order valence-electron chi connectivity index (χ2n) is 5.40. The third-order valence-corrected chi connectivity index (χ3v) is 4.95. The maximum Gasteiger partial charge on any atom is 0.262 e. The Morgan fingerprint density at radius 1 is 0.958 bits per heavy atom. The molecule has 0 saturated carbocycles. The normalized spacial score (nSPS) is 11.2. The van der Waals surface area contributed by atoms with Crippen molar-refractivity contribution in [3.8, 4) is 11.5 Å². The van der Waals surface area contributed by atoms with E-state index in [0.717, 1.165) is 5.56 Å². The fourth-order valence-electron chi connectivity index (χ4n) is 2.43. The molecule has 0 fully saturated rings. The topological polar surface area (TPSA) is 64.6 Å². The average molecular weight is 349 g/mol. The number of benzene rings is 2. The van der Waals surface area contributed by atoms with Gasteiger partial charge in [-0.2, -0.15) is 0 Å². The van der Waals surface area contributed by atoms with Crippen molar-refractivity contribution in [2.45, 2.75) is 32.6 Å². The Balaban J connectivity index is 2.42. The van der Waals surface area contributed by atoms with E-state index in [9.17, 15) is 8.42 Å². The van der Waals surface area contributed by atoms with Crippen LogP contribution in [0.1, 0.15) is 25.0 Å². The molecule has 0 amide bonds. The summed E-state index contributed by atoms with van der Waals surface area (Å²) >= 11 is 0. The van der Waals surface area contributed by atoms with Crippen molar-refractivity contribution < 1.29 is 17.9 Å². The summed E-state index contributed by atoms with van der Waals surface area (Å²) in [6.45, 7) is 8.36. The van der Waals surface area contributed by atoms with Crippen molar-refractivity contribution in [1.29, 1.82) is 0 Å². The monoisotopic (exact) mass is 349 g/mol. The Kier molecular flexibility index (Phi) is 5.72. The molecule has 0 bridgehead atoms. The van der Waals surface area contributed by atoms with Gasteiger partial charge in [0.1, 0.15) is 11.5 Å². The molecule has 2 aromatic carbocycles. The molecule has 2 rings (SSSR count). The molecule has 0 aliphatic rings. The smallest absolute Gasteiger partial charge is 0.262 e. The van der Waals surface area contributed by atoms with E-state index in [1.54, 1.807) is 37.3 Å². The van der Waals surface area contributed by atoms with E-state index in [-0.39, 0.29) is 4.90 Å². The number of anilines is 1. The van der Waals surface area contributed by atoms with Crippen molar-refractivity contribution in [3.63, 3.8) is 0 Å². The number of hydrogen-bond donors (Lipinski definition) is 1. The molecule has 0 unspecified atom stereocenters. The first-order valence-electron chi connectivity index (χ1n) is 7.87. The van der Waals surface area contributed by atoms with Crippen LogP contribution < -0.4 is 14.2 Å². The number of hydrogen-bond acceptors (Lipinski definition) is 4. The third-order valence-electron chi connectivity index (χ3n) is 3.43.